The number of aromatic nitrogens is 6. The lowest BCUT2D eigenvalue weighted by Gasteiger charge is -2.12. The minimum Gasteiger partial charge on any atom is -0.497 e. The van der Waals surface area contributed by atoms with Gasteiger partial charge in [0.15, 0.2) is 16.7 Å². The van der Waals surface area contributed by atoms with Crippen LogP contribution in [-0.4, -0.2) is 37.1 Å². The van der Waals surface area contributed by atoms with Gasteiger partial charge < -0.3 is 9.72 Å². The molecule has 0 aliphatic rings. The molecule has 0 aliphatic heterocycles. The van der Waals surface area contributed by atoms with Gasteiger partial charge in [-0.2, -0.15) is 18.3 Å². The molecule has 1 unspecified atom stereocenters. The lowest BCUT2D eigenvalue weighted by atomic mass is 10.1. The van der Waals surface area contributed by atoms with E-state index in [2.05, 4.69) is 25.3 Å². The number of halogens is 3. The van der Waals surface area contributed by atoms with Gasteiger partial charge in [-0.1, -0.05) is 12.1 Å². The molecule has 160 valence electrons. The molecule has 0 aliphatic carbocycles. The highest BCUT2D eigenvalue weighted by molar-refractivity contribution is 7.15. The second-order valence-electron chi connectivity index (χ2n) is 6.50. The number of ether oxygens (including phenoxy) is 1. The van der Waals surface area contributed by atoms with Crippen molar-refractivity contribution < 1.29 is 17.9 Å². The molecule has 8 nitrogen and oxygen atoms in total. The molecule has 12 heteroatoms. The van der Waals surface area contributed by atoms with Gasteiger partial charge in [0.05, 0.1) is 19.0 Å². The van der Waals surface area contributed by atoms with E-state index >= 15 is 0 Å². The lowest BCUT2D eigenvalue weighted by molar-refractivity contribution is -0.134. The largest absolute Gasteiger partial charge is 0.497 e. The van der Waals surface area contributed by atoms with E-state index in [4.69, 9.17) is 4.74 Å². The number of nitrogens with one attached hydrogen (secondary N) is 1. The standard InChI is InChI=1S/C19H15F3N6O2S/c1-10(16-24-17(26-25-16)18-23-9-14(31-18)19(20,21)22)28-15(29)7-6-13(27-28)11-4-3-5-12(8-11)30-2/h3-10H,1-2H3,(H,24,25,26). The lowest BCUT2D eigenvalue weighted by Crippen LogP contribution is -2.26. The normalized spacial score (nSPS) is 12.7. The van der Waals surface area contributed by atoms with E-state index in [1.54, 1.807) is 38.3 Å². The highest BCUT2D eigenvalue weighted by atomic mass is 32.1. The quantitative estimate of drug-likeness (QED) is 0.499. The zero-order valence-corrected chi connectivity index (χ0v) is 17.0. The molecule has 0 fully saturated rings. The first-order valence-corrected chi connectivity index (χ1v) is 9.78. The van der Waals surface area contributed by atoms with Crippen LogP contribution in [0.2, 0.25) is 0 Å². The molecule has 1 atom stereocenters. The second-order valence-corrected chi connectivity index (χ2v) is 7.53. The van der Waals surface area contributed by atoms with Crippen molar-refractivity contribution in [1.82, 2.24) is 29.9 Å². The summed E-state index contributed by atoms with van der Waals surface area (Å²) in [4.78, 5) is 18.2. The predicted molar refractivity (Wildman–Crippen MR) is 107 cm³/mol. The molecule has 0 saturated heterocycles. The number of H-pyrrole nitrogens is 1. The van der Waals surface area contributed by atoms with Crippen LogP contribution in [-0.2, 0) is 6.18 Å². The highest BCUT2D eigenvalue weighted by Crippen LogP contribution is 2.35. The van der Waals surface area contributed by atoms with Crippen molar-refractivity contribution in [2.24, 2.45) is 0 Å². The van der Waals surface area contributed by atoms with Crippen LogP contribution in [0.25, 0.3) is 22.1 Å². The first-order valence-electron chi connectivity index (χ1n) is 8.96. The Morgan fingerprint density at radius 3 is 2.71 bits per heavy atom. The molecule has 0 bridgehead atoms. The number of aromatic amines is 1. The van der Waals surface area contributed by atoms with Crippen LogP contribution < -0.4 is 10.3 Å². The van der Waals surface area contributed by atoms with Crippen LogP contribution in [0.4, 0.5) is 13.2 Å². The number of hydrogen-bond donors (Lipinski definition) is 1. The Morgan fingerprint density at radius 1 is 1.19 bits per heavy atom. The van der Waals surface area contributed by atoms with Gasteiger partial charge in [0.25, 0.3) is 5.56 Å². The van der Waals surface area contributed by atoms with E-state index in [-0.39, 0.29) is 22.2 Å². The smallest absolute Gasteiger partial charge is 0.427 e. The summed E-state index contributed by atoms with van der Waals surface area (Å²) < 4.78 is 44.9. The van der Waals surface area contributed by atoms with Gasteiger partial charge >= 0.3 is 6.18 Å². The number of methoxy groups -OCH3 is 1. The number of rotatable bonds is 5. The summed E-state index contributed by atoms with van der Waals surface area (Å²) in [6.07, 6.45) is -3.74. The molecule has 4 aromatic rings. The Bertz CT molecular complexity index is 1280. The maximum atomic E-state index is 12.8. The fourth-order valence-electron chi connectivity index (χ4n) is 2.83. The summed E-state index contributed by atoms with van der Waals surface area (Å²) in [5, 5.41) is 12.3. The molecule has 1 N–H and O–H groups in total. The van der Waals surface area contributed by atoms with Crippen LogP contribution in [0.3, 0.4) is 0 Å². The first-order chi connectivity index (χ1) is 14.8. The van der Waals surface area contributed by atoms with Gasteiger partial charge in [-0.3, -0.25) is 4.79 Å². The number of hydrogen-bond acceptors (Lipinski definition) is 7. The molecule has 3 aromatic heterocycles. The molecule has 31 heavy (non-hydrogen) atoms. The molecule has 0 amide bonds. The molecule has 1 aromatic carbocycles. The van der Waals surface area contributed by atoms with Crippen molar-refractivity contribution in [3.8, 4) is 27.8 Å². The molecule has 4 rings (SSSR count). The summed E-state index contributed by atoms with van der Waals surface area (Å²) in [5.74, 6) is 0.988. The Labute approximate surface area is 177 Å². The average Bonchev–Trinajstić information content (AvgIpc) is 3.43. The molecule has 0 spiro atoms. The third-order valence-electron chi connectivity index (χ3n) is 4.44. The highest BCUT2D eigenvalue weighted by Gasteiger charge is 2.33. The van der Waals surface area contributed by atoms with E-state index in [1.165, 1.54) is 10.7 Å². The van der Waals surface area contributed by atoms with Crippen molar-refractivity contribution in [2.45, 2.75) is 19.1 Å². The van der Waals surface area contributed by atoms with E-state index < -0.39 is 17.1 Å². The SMILES string of the molecule is COc1cccc(-c2ccc(=O)n(C(C)c3nnc(-c4ncc(C(F)(F)F)s4)[nH]3)n2)c1. The van der Waals surface area contributed by atoms with Gasteiger partial charge in [-0.15, -0.1) is 21.5 Å². The van der Waals surface area contributed by atoms with Crippen LogP contribution in [0, 0.1) is 0 Å². The maximum absolute atomic E-state index is 12.8. The zero-order chi connectivity index (χ0) is 22.2. The van der Waals surface area contributed by atoms with Gasteiger partial charge in [0.1, 0.15) is 16.7 Å². The summed E-state index contributed by atoms with van der Waals surface area (Å²) in [6, 6.07) is 9.54. The van der Waals surface area contributed by atoms with Gasteiger partial charge in [-0.05, 0) is 25.1 Å². The Hall–Kier alpha value is -3.54. The fourth-order valence-corrected chi connectivity index (χ4v) is 3.55. The maximum Gasteiger partial charge on any atom is 0.427 e. The topological polar surface area (TPSA) is 98.6 Å². The number of nitrogens with zero attached hydrogens (tertiary/aromatic N) is 5. The van der Waals surface area contributed by atoms with Gasteiger partial charge in [0, 0.05) is 11.6 Å². The van der Waals surface area contributed by atoms with E-state index in [0.29, 0.717) is 22.8 Å². The zero-order valence-electron chi connectivity index (χ0n) is 16.2. The van der Waals surface area contributed by atoms with Gasteiger partial charge in [0.2, 0.25) is 0 Å². The number of thiazole rings is 1. The van der Waals surface area contributed by atoms with Crippen molar-refractivity contribution >= 4 is 11.3 Å². The monoisotopic (exact) mass is 448 g/mol. The summed E-state index contributed by atoms with van der Waals surface area (Å²) in [5.41, 5.74) is 0.923. The molecular formula is C19H15F3N6O2S. The molecular weight excluding hydrogens is 433 g/mol. The Balaban J connectivity index is 1.65. The molecule has 0 radical (unpaired) electrons. The predicted octanol–water partition coefficient (Wildman–Crippen LogP) is 3.79. The third-order valence-corrected chi connectivity index (χ3v) is 5.49. The summed E-state index contributed by atoms with van der Waals surface area (Å²) in [6.45, 7) is 1.68. The molecule has 0 saturated carbocycles. The Kier molecular flexibility index (Phi) is 5.31. The second kappa shape index (κ2) is 7.95. The number of alkyl halides is 3. The third kappa shape index (κ3) is 4.19. The van der Waals surface area contributed by atoms with Crippen LogP contribution >= 0.6 is 11.3 Å². The van der Waals surface area contributed by atoms with E-state index in [0.717, 1.165) is 11.8 Å². The Morgan fingerprint density at radius 2 is 2.00 bits per heavy atom. The van der Waals surface area contributed by atoms with Crippen molar-refractivity contribution in [3.63, 3.8) is 0 Å². The van der Waals surface area contributed by atoms with Crippen LogP contribution in [0.1, 0.15) is 23.7 Å². The van der Waals surface area contributed by atoms with E-state index in [1.807, 2.05) is 6.07 Å². The first kappa shape index (κ1) is 20.7. The minimum absolute atomic E-state index is 0.0451. The average molecular weight is 448 g/mol. The summed E-state index contributed by atoms with van der Waals surface area (Å²) >= 11 is 0.454. The van der Waals surface area contributed by atoms with Gasteiger partial charge in [-0.25, -0.2) is 9.67 Å². The molecule has 3 heterocycles. The summed E-state index contributed by atoms with van der Waals surface area (Å²) in [7, 11) is 1.55. The minimum atomic E-state index is -4.48. The van der Waals surface area contributed by atoms with Crippen molar-refractivity contribution in [1.29, 1.82) is 0 Å². The van der Waals surface area contributed by atoms with Crippen molar-refractivity contribution in [2.75, 3.05) is 7.11 Å². The van der Waals surface area contributed by atoms with Crippen molar-refractivity contribution in [3.05, 3.63) is 63.7 Å². The number of benzene rings is 1. The fraction of sp³-hybridized carbons (Fsp3) is 0.211. The van der Waals surface area contributed by atoms with Crippen LogP contribution in [0.5, 0.6) is 5.75 Å². The van der Waals surface area contributed by atoms with Crippen LogP contribution in [0.15, 0.2) is 47.4 Å². The van der Waals surface area contributed by atoms with E-state index in [9.17, 15) is 18.0 Å².